The van der Waals surface area contributed by atoms with Crippen molar-refractivity contribution < 1.29 is 46.6 Å². The molecule has 13 rings (SSSR count). The number of alkyl halides is 3. The average Bonchev–Trinajstić information content (AvgIpc) is 3.03. The number of anilines is 1. The summed E-state index contributed by atoms with van der Waals surface area (Å²) in [5.41, 5.74) is 7.51. The maximum atomic E-state index is 15.3. The first-order valence-electron chi connectivity index (χ1n) is 30.7. The predicted molar refractivity (Wildman–Crippen MR) is 307 cm³/mol. The summed E-state index contributed by atoms with van der Waals surface area (Å²) in [6.07, 6.45) is 6.45. The number of fused-ring (bicyclic) bond motifs is 6. The first-order chi connectivity index (χ1) is 39.9. The van der Waals surface area contributed by atoms with Crippen LogP contribution in [0.3, 0.4) is 0 Å². The van der Waals surface area contributed by atoms with Gasteiger partial charge in [-0.25, -0.2) is 5.43 Å². The number of benzene rings is 2. The fourth-order valence-corrected chi connectivity index (χ4v) is 14.7. The summed E-state index contributed by atoms with van der Waals surface area (Å²) in [6, 6.07) is 13.8. The summed E-state index contributed by atoms with van der Waals surface area (Å²) >= 11 is 0. The van der Waals surface area contributed by atoms with Gasteiger partial charge >= 0.3 is 12.1 Å². The Balaban J connectivity index is 0.854. The molecule has 9 aliphatic rings. The fraction of sp³-hybridized carbons (Fsp3) is 0.635. The molecule has 2 aromatic heterocycles. The molecule has 2 unspecified atom stereocenters. The van der Waals surface area contributed by atoms with Crippen LogP contribution in [-0.4, -0.2) is 180 Å². The molecule has 4 aromatic rings. The number of rotatable bonds is 12. The van der Waals surface area contributed by atoms with Gasteiger partial charge in [-0.05, 0) is 117 Å². The number of hydrogen-bond acceptors (Lipinski definition) is 13. The third-order valence-electron chi connectivity index (χ3n) is 19.5. The van der Waals surface area contributed by atoms with E-state index < -0.39 is 53.9 Å². The van der Waals surface area contributed by atoms with Crippen molar-refractivity contribution >= 4 is 40.3 Å². The van der Waals surface area contributed by atoms with Gasteiger partial charge in [0.1, 0.15) is 30.3 Å². The minimum absolute atomic E-state index is 0.0568. The molecular weight excluding hydrogens is 1070 g/mol. The molecule has 1 spiro atoms. The van der Waals surface area contributed by atoms with Crippen molar-refractivity contribution in [1.29, 1.82) is 0 Å². The van der Waals surface area contributed by atoms with Crippen molar-refractivity contribution in [2.75, 3.05) is 84.1 Å². The van der Waals surface area contributed by atoms with Crippen LogP contribution in [0.25, 0.3) is 33.3 Å². The van der Waals surface area contributed by atoms with Gasteiger partial charge in [0.25, 0.3) is 5.91 Å². The number of cyclic esters (lactones) is 1. The molecule has 8 heterocycles. The van der Waals surface area contributed by atoms with E-state index in [1.54, 1.807) is 13.2 Å². The fourth-order valence-electron chi connectivity index (χ4n) is 14.7. The Morgan fingerprint density at radius 1 is 0.904 bits per heavy atom. The Kier molecular flexibility index (Phi) is 15.2. The maximum absolute atomic E-state index is 15.3. The zero-order valence-electron chi connectivity index (χ0n) is 48.5. The highest BCUT2D eigenvalue weighted by molar-refractivity contribution is 5.96. The van der Waals surface area contributed by atoms with Crippen LogP contribution in [0.1, 0.15) is 108 Å². The van der Waals surface area contributed by atoms with Crippen molar-refractivity contribution in [3.05, 3.63) is 71.5 Å². The van der Waals surface area contributed by atoms with Gasteiger partial charge in [-0.1, -0.05) is 57.0 Å². The molecule has 6 aliphatic heterocycles. The number of ether oxygens (including phenoxy) is 3. The minimum atomic E-state index is -4.60. The zero-order valence-corrected chi connectivity index (χ0v) is 48.5. The Bertz CT molecular complexity index is 3120. The van der Waals surface area contributed by atoms with Crippen LogP contribution in [0.5, 0.6) is 0 Å². The van der Waals surface area contributed by atoms with E-state index in [2.05, 4.69) is 30.8 Å². The lowest BCUT2D eigenvalue weighted by atomic mass is 9.84. The molecule has 3 saturated carbocycles. The smallest absolute Gasteiger partial charge is 0.406 e. The summed E-state index contributed by atoms with van der Waals surface area (Å²) < 4.78 is 65.7. The number of nitrogens with zero attached hydrogens (tertiary/aromatic N) is 7. The first-order valence-corrected chi connectivity index (χ1v) is 30.7. The molecule has 6 bridgehead atoms. The number of amides is 3. The van der Waals surface area contributed by atoms with Gasteiger partial charge in [-0.3, -0.25) is 44.3 Å². The second-order valence-electron chi connectivity index (χ2n) is 26.4. The van der Waals surface area contributed by atoms with Crippen molar-refractivity contribution in [2.45, 2.75) is 158 Å². The number of esters is 1. The Morgan fingerprint density at radius 3 is 2.41 bits per heavy atom. The lowest BCUT2D eigenvalue weighted by molar-refractivity contribution is -0.197. The Labute approximate surface area is 484 Å². The van der Waals surface area contributed by atoms with Gasteiger partial charge < -0.3 is 33.9 Å². The average molecular weight is 1150 g/mol. The lowest BCUT2D eigenvalue weighted by Crippen LogP contribution is -2.73. The number of methoxy groups -OCH3 is 1. The van der Waals surface area contributed by atoms with Gasteiger partial charge in [0, 0.05) is 93.3 Å². The van der Waals surface area contributed by atoms with Gasteiger partial charge in [-0.2, -0.15) is 13.2 Å². The number of morpholine rings is 1. The molecule has 20 heteroatoms. The van der Waals surface area contributed by atoms with E-state index in [0.717, 1.165) is 74.2 Å². The van der Waals surface area contributed by atoms with E-state index in [9.17, 15) is 9.59 Å². The van der Waals surface area contributed by atoms with Crippen LogP contribution in [0.4, 0.5) is 18.9 Å². The SMILES string of the molecule is CO[C@@H](C)c1ncc(N2CCN(C3CC3)CC2)cc1-c1c2c3cc(ccc3n1CC(F)(F)F)-c1cccc(c1)C[C@H](NC(=O)C(C1CCCC1)N1CCOC3(CN(C(=O)[C@@H]4NC4C4CC4)C3)C1)C(=O)N1CCC[C@H](N1)C(=O)OCC(C)(C)C2. The highest BCUT2D eigenvalue weighted by Gasteiger charge is 2.58. The highest BCUT2D eigenvalue weighted by atomic mass is 19.4. The standard InChI is InChI=1S/C63H81F3N10O7/c1-38(81-4)52-47(30-45(32-67-52)72-23-21-71(22-24-72)44-17-18-44)56-48-31-61(2,3)37-82-60(80)49-13-8-20-76(70-49)58(78)50(28-39-9-7-12-42(27-39)43-16-19-51(46(48)29-43)75(56)36-63(64,65)66)68-57(77)55(41-10-5-6-11-41)73-25-26-83-62(33-73)34-74(35-62)59(79)54-53(69-54)40-14-15-40/h7,9,12,16,19,27,29-30,32,38,40-41,44,49-50,53-55,69-70H,5-6,8,10-11,13-15,17-18,20-26,28,31,33-37H2,1-4H3,(H,68,77)/t38-,49-,50-,53?,54+,55?/m0/s1. The number of halogens is 3. The van der Waals surface area contributed by atoms with Crippen LogP contribution in [0.2, 0.25) is 0 Å². The van der Waals surface area contributed by atoms with E-state index >= 15 is 22.8 Å². The van der Waals surface area contributed by atoms with Gasteiger partial charge in [-0.15, -0.1) is 0 Å². The largest absolute Gasteiger partial charge is 0.464 e. The van der Waals surface area contributed by atoms with Crippen LogP contribution in [0, 0.1) is 17.3 Å². The number of carbonyl (C=O) groups excluding carboxylic acids is 4. The molecule has 0 radical (unpaired) electrons. The predicted octanol–water partition coefficient (Wildman–Crippen LogP) is 6.80. The van der Waals surface area contributed by atoms with Crippen LogP contribution < -0.4 is 21.0 Å². The zero-order chi connectivity index (χ0) is 57.5. The van der Waals surface area contributed by atoms with Crippen molar-refractivity contribution in [1.82, 2.24) is 45.3 Å². The molecule has 2 aromatic carbocycles. The molecule has 3 amide bonds. The number of hydrogen-bond donors (Lipinski definition) is 3. The summed E-state index contributed by atoms with van der Waals surface area (Å²) in [5.74, 6) is -0.363. The number of piperazine rings is 1. The van der Waals surface area contributed by atoms with E-state index in [1.807, 2.05) is 74.3 Å². The van der Waals surface area contributed by atoms with Crippen molar-refractivity contribution in [3.8, 4) is 22.4 Å². The van der Waals surface area contributed by atoms with Crippen molar-refractivity contribution in [2.24, 2.45) is 17.3 Å². The van der Waals surface area contributed by atoms with Gasteiger partial charge in [0.2, 0.25) is 11.8 Å². The number of nitrogens with one attached hydrogen (secondary N) is 3. The Morgan fingerprint density at radius 2 is 1.67 bits per heavy atom. The normalized spacial score (nSPS) is 27.0. The summed E-state index contributed by atoms with van der Waals surface area (Å²) in [6.45, 7) is 10.5. The molecule has 5 saturated heterocycles. The summed E-state index contributed by atoms with van der Waals surface area (Å²) in [7, 11) is 1.58. The number of aromatic nitrogens is 2. The molecule has 6 atom stereocenters. The molecule has 83 heavy (non-hydrogen) atoms. The quantitative estimate of drug-likeness (QED) is 0.1000. The molecule has 8 fully saturated rings. The molecule has 446 valence electrons. The van der Waals surface area contributed by atoms with E-state index in [0.29, 0.717) is 97.5 Å². The number of pyridine rings is 1. The third kappa shape index (κ3) is 11.8. The molecule has 3 aliphatic carbocycles. The monoisotopic (exact) mass is 1150 g/mol. The number of carbonyl (C=O) groups is 4. The topological polar surface area (TPSA) is 176 Å². The third-order valence-corrected chi connectivity index (χ3v) is 19.5. The first kappa shape index (κ1) is 56.5. The summed E-state index contributed by atoms with van der Waals surface area (Å²) in [5, 5.41) is 8.79. The van der Waals surface area contributed by atoms with Crippen molar-refractivity contribution in [3.63, 3.8) is 0 Å². The van der Waals surface area contributed by atoms with E-state index in [1.165, 1.54) is 35.3 Å². The van der Waals surface area contributed by atoms with Gasteiger partial charge in [0.15, 0.2) is 0 Å². The number of likely N-dealkylation sites (tertiary alicyclic amines) is 1. The van der Waals surface area contributed by atoms with E-state index in [4.69, 9.17) is 19.2 Å². The highest BCUT2D eigenvalue weighted by Crippen LogP contribution is 2.46. The van der Waals surface area contributed by atoms with Crippen LogP contribution in [-0.2, 0) is 52.8 Å². The van der Waals surface area contributed by atoms with Crippen LogP contribution in [0.15, 0.2) is 54.7 Å². The molecule has 3 N–H and O–H groups in total. The molecule has 17 nitrogen and oxygen atoms in total. The van der Waals surface area contributed by atoms with Gasteiger partial charge in [0.05, 0.1) is 61.7 Å². The second kappa shape index (κ2) is 22.3. The number of hydrazine groups is 1. The Hall–Kier alpha value is -5.64. The minimum Gasteiger partial charge on any atom is -0.464 e. The van der Waals surface area contributed by atoms with Crippen LogP contribution >= 0.6 is 0 Å². The maximum Gasteiger partial charge on any atom is 0.406 e. The second-order valence-corrected chi connectivity index (χ2v) is 26.4. The molecular formula is C63H81F3N10O7. The lowest BCUT2D eigenvalue weighted by Gasteiger charge is -2.55. The van der Waals surface area contributed by atoms with E-state index in [-0.39, 0.29) is 55.2 Å². The summed E-state index contributed by atoms with van der Waals surface area (Å²) in [4.78, 5) is 72.2.